The molecule has 1 saturated heterocycles. The number of ether oxygens (including phenoxy) is 1. The first-order chi connectivity index (χ1) is 11.6. The Morgan fingerprint density at radius 3 is 2.38 bits per heavy atom. The van der Waals surface area contributed by atoms with Crippen LogP contribution in [0, 0.1) is 0 Å². The zero-order chi connectivity index (χ0) is 17.1. The molecule has 3 rings (SSSR count). The molecule has 1 amide bonds. The average molecular weight is 338 g/mol. The monoisotopic (exact) mass is 338 g/mol. The molecule has 24 heavy (non-hydrogen) atoms. The van der Waals surface area contributed by atoms with E-state index >= 15 is 0 Å². The van der Waals surface area contributed by atoms with E-state index in [2.05, 4.69) is 6.58 Å². The van der Waals surface area contributed by atoms with Gasteiger partial charge in [-0.25, -0.2) is 0 Å². The summed E-state index contributed by atoms with van der Waals surface area (Å²) in [6.07, 6.45) is 1.68. The van der Waals surface area contributed by atoms with Crippen molar-refractivity contribution in [3.8, 4) is 11.5 Å². The number of anilines is 1. The average Bonchev–Trinajstić information content (AvgIpc) is 2.81. The quantitative estimate of drug-likeness (QED) is 0.610. The number of carbonyl (C=O) groups is 1. The second kappa shape index (κ2) is 6.84. The molecule has 1 aliphatic rings. The molecule has 1 aliphatic heterocycles. The summed E-state index contributed by atoms with van der Waals surface area (Å²) in [6.45, 7) is 5.96. The standard InChI is InChI=1S/C19H18N2O2S/c1-3-13-20-18(22)14(2)21(19(20)24)15-9-11-17(12-10-15)23-16-7-5-4-6-8-16/h3-12,14H,1,13H2,2H3. The molecule has 5 heteroatoms. The Hall–Kier alpha value is -2.66. The van der Waals surface area contributed by atoms with Crippen LogP contribution in [0.4, 0.5) is 5.69 Å². The highest BCUT2D eigenvalue weighted by atomic mass is 32.1. The van der Waals surface area contributed by atoms with Crippen LogP contribution in [0.1, 0.15) is 6.92 Å². The summed E-state index contributed by atoms with van der Waals surface area (Å²) in [5.41, 5.74) is 0.868. The van der Waals surface area contributed by atoms with E-state index in [1.54, 1.807) is 11.0 Å². The van der Waals surface area contributed by atoms with Crippen LogP contribution in [0.25, 0.3) is 0 Å². The number of amides is 1. The lowest BCUT2D eigenvalue weighted by atomic mass is 10.2. The van der Waals surface area contributed by atoms with Crippen LogP contribution < -0.4 is 9.64 Å². The van der Waals surface area contributed by atoms with Gasteiger partial charge in [0.25, 0.3) is 5.91 Å². The Labute approximate surface area is 147 Å². The number of hydrogen-bond donors (Lipinski definition) is 0. The molecule has 1 atom stereocenters. The van der Waals surface area contributed by atoms with Crippen LogP contribution in [-0.2, 0) is 4.79 Å². The fourth-order valence-electron chi connectivity index (χ4n) is 2.66. The summed E-state index contributed by atoms with van der Waals surface area (Å²) in [4.78, 5) is 15.7. The maximum absolute atomic E-state index is 12.3. The Bertz CT molecular complexity index is 759. The maximum atomic E-state index is 12.3. The number of carbonyl (C=O) groups excluding carboxylic acids is 1. The van der Waals surface area contributed by atoms with E-state index in [1.807, 2.05) is 66.4 Å². The molecule has 2 aromatic carbocycles. The van der Waals surface area contributed by atoms with Crippen molar-refractivity contribution in [1.82, 2.24) is 4.90 Å². The van der Waals surface area contributed by atoms with Crippen molar-refractivity contribution in [3.63, 3.8) is 0 Å². The summed E-state index contributed by atoms with van der Waals surface area (Å²) < 4.78 is 5.79. The Morgan fingerprint density at radius 1 is 1.12 bits per heavy atom. The van der Waals surface area contributed by atoms with Gasteiger partial charge in [-0.15, -0.1) is 6.58 Å². The summed E-state index contributed by atoms with van der Waals surface area (Å²) >= 11 is 5.45. The second-order valence-corrected chi connectivity index (χ2v) is 5.84. The number of para-hydroxylation sites is 1. The van der Waals surface area contributed by atoms with Gasteiger partial charge in [0.1, 0.15) is 17.5 Å². The first-order valence-electron chi connectivity index (χ1n) is 7.70. The maximum Gasteiger partial charge on any atom is 0.251 e. The van der Waals surface area contributed by atoms with Gasteiger partial charge < -0.3 is 9.64 Å². The van der Waals surface area contributed by atoms with Gasteiger partial charge in [0.05, 0.1) is 0 Å². The van der Waals surface area contributed by atoms with Gasteiger partial charge in [0.2, 0.25) is 0 Å². The summed E-state index contributed by atoms with van der Waals surface area (Å²) in [5.74, 6) is 1.50. The first-order valence-corrected chi connectivity index (χ1v) is 8.11. The molecule has 4 nitrogen and oxygen atoms in total. The van der Waals surface area contributed by atoms with Crippen molar-refractivity contribution < 1.29 is 9.53 Å². The molecule has 1 fully saturated rings. The number of nitrogens with zero attached hydrogens (tertiary/aromatic N) is 2. The van der Waals surface area contributed by atoms with E-state index < -0.39 is 0 Å². The normalized spacial score (nSPS) is 17.3. The van der Waals surface area contributed by atoms with Crippen molar-refractivity contribution in [2.24, 2.45) is 0 Å². The van der Waals surface area contributed by atoms with Gasteiger partial charge >= 0.3 is 0 Å². The fourth-order valence-corrected chi connectivity index (χ4v) is 3.08. The highest BCUT2D eigenvalue weighted by Crippen LogP contribution is 2.29. The SMILES string of the molecule is C=CCN1C(=O)C(C)N(c2ccc(Oc3ccccc3)cc2)C1=S. The molecule has 2 aromatic rings. The van der Waals surface area contributed by atoms with E-state index in [0.717, 1.165) is 17.2 Å². The highest BCUT2D eigenvalue weighted by molar-refractivity contribution is 7.80. The molecule has 0 radical (unpaired) electrons. The third kappa shape index (κ3) is 3.03. The number of benzene rings is 2. The molecule has 0 spiro atoms. The summed E-state index contributed by atoms with van der Waals surface area (Å²) in [7, 11) is 0. The Morgan fingerprint density at radius 2 is 1.75 bits per heavy atom. The van der Waals surface area contributed by atoms with Crippen LogP contribution in [0.15, 0.2) is 67.3 Å². The van der Waals surface area contributed by atoms with Crippen LogP contribution in [0.5, 0.6) is 11.5 Å². The molecular formula is C19H18N2O2S. The van der Waals surface area contributed by atoms with Gasteiger partial charge in [-0.05, 0) is 55.5 Å². The predicted octanol–water partition coefficient (Wildman–Crippen LogP) is 3.99. The molecule has 0 aliphatic carbocycles. The van der Waals surface area contributed by atoms with Gasteiger partial charge in [0.15, 0.2) is 5.11 Å². The van der Waals surface area contributed by atoms with Crippen LogP contribution in [-0.4, -0.2) is 28.5 Å². The third-order valence-electron chi connectivity index (χ3n) is 3.85. The van der Waals surface area contributed by atoms with Crippen molar-refractivity contribution in [1.29, 1.82) is 0 Å². The Kier molecular flexibility index (Phi) is 4.62. The number of thiocarbonyl (C=S) groups is 1. The lowest BCUT2D eigenvalue weighted by Crippen LogP contribution is -2.33. The molecule has 1 heterocycles. The van der Waals surface area contributed by atoms with Crippen molar-refractivity contribution in [2.75, 3.05) is 11.4 Å². The van der Waals surface area contributed by atoms with Gasteiger partial charge in [-0.1, -0.05) is 24.3 Å². The van der Waals surface area contributed by atoms with Crippen molar-refractivity contribution >= 4 is 28.9 Å². The van der Waals surface area contributed by atoms with Gasteiger partial charge in [-0.3, -0.25) is 9.69 Å². The molecular weight excluding hydrogens is 320 g/mol. The van der Waals surface area contributed by atoms with Crippen molar-refractivity contribution in [2.45, 2.75) is 13.0 Å². The minimum atomic E-state index is -0.321. The predicted molar refractivity (Wildman–Crippen MR) is 99.4 cm³/mol. The minimum absolute atomic E-state index is 0.00971. The van der Waals surface area contributed by atoms with Crippen LogP contribution in [0.2, 0.25) is 0 Å². The topological polar surface area (TPSA) is 32.8 Å². The Balaban J connectivity index is 1.79. The second-order valence-electron chi connectivity index (χ2n) is 5.48. The smallest absolute Gasteiger partial charge is 0.251 e. The highest BCUT2D eigenvalue weighted by Gasteiger charge is 2.39. The number of rotatable bonds is 5. The van der Waals surface area contributed by atoms with Crippen molar-refractivity contribution in [3.05, 3.63) is 67.3 Å². The summed E-state index contributed by atoms with van der Waals surface area (Å²) in [6, 6.07) is 16.8. The zero-order valence-electron chi connectivity index (χ0n) is 13.4. The van der Waals surface area contributed by atoms with Crippen LogP contribution in [0.3, 0.4) is 0 Å². The molecule has 0 aromatic heterocycles. The van der Waals surface area contributed by atoms with Gasteiger partial charge in [0, 0.05) is 12.2 Å². The van der Waals surface area contributed by atoms with E-state index in [-0.39, 0.29) is 11.9 Å². The summed E-state index contributed by atoms with van der Waals surface area (Å²) in [5, 5.41) is 0.504. The van der Waals surface area contributed by atoms with E-state index in [1.165, 1.54) is 0 Å². The molecule has 0 bridgehead atoms. The van der Waals surface area contributed by atoms with Gasteiger partial charge in [-0.2, -0.15) is 0 Å². The first kappa shape index (κ1) is 16.2. The fraction of sp³-hybridized carbons (Fsp3) is 0.158. The minimum Gasteiger partial charge on any atom is -0.457 e. The van der Waals surface area contributed by atoms with E-state index in [0.29, 0.717) is 11.7 Å². The number of hydrogen-bond acceptors (Lipinski definition) is 3. The molecule has 0 N–H and O–H groups in total. The lowest BCUT2D eigenvalue weighted by molar-refractivity contribution is -0.126. The van der Waals surface area contributed by atoms with E-state index in [9.17, 15) is 4.79 Å². The zero-order valence-corrected chi connectivity index (χ0v) is 14.2. The van der Waals surface area contributed by atoms with E-state index in [4.69, 9.17) is 17.0 Å². The largest absolute Gasteiger partial charge is 0.457 e. The molecule has 122 valence electrons. The molecule has 1 unspecified atom stereocenters. The van der Waals surface area contributed by atoms with Crippen LogP contribution >= 0.6 is 12.2 Å². The third-order valence-corrected chi connectivity index (χ3v) is 4.27. The molecule has 0 saturated carbocycles. The lowest BCUT2D eigenvalue weighted by Gasteiger charge is -2.22.